The fraction of sp³-hybridized carbons (Fsp3) is 0.389. The standard InChI is InChI=1S/C18H21N7O/c1-12-8-13(2)25(21-12)16-4-5-17(26)24(22-16)11-15-9-23(10-15)18-14(3)19-6-7-20-18/h4-8,15H,9-11H2,1-3H3. The first kappa shape index (κ1) is 16.4. The predicted octanol–water partition coefficient (Wildman–Crippen LogP) is 1.28. The highest BCUT2D eigenvalue weighted by Crippen LogP contribution is 2.25. The van der Waals surface area contributed by atoms with Gasteiger partial charge in [0.05, 0.1) is 17.9 Å². The molecule has 0 radical (unpaired) electrons. The molecule has 8 heteroatoms. The SMILES string of the molecule is Cc1cc(C)n(-c2ccc(=O)n(CC3CN(c4nccnc4C)C3)n2)n1. The van der Waals surface area contributed by atoms with Crippen LogP contribution in [0.4, 0.5) is 5.82 Å². The second-order valence-electron chi connectivity index (χ2n) is 6.79. The lowest BCUT2D eigenvalue weighted by Crippen LogP contribution is -2.50. The van der Waals surface area contributed by atoms with Gasteiger partial charge in [0.15, 0.2) is 5.82 Å². The van der Waals surface area contributed by atoms with Crippen molar-refractivity contribution in [3.05, 3.63) is 58.0 Å². The lowest BCUT2D eigenvalue weighted by Gasteiger charge is -2.40. The van der Waals surface area contributed by atoms with E-state index < -0.39 is 0 Å². The molecule has 1 aliphatic heterocycles. The summed E-state index contributed by atoms with van der Waals surface area (Å²) in [5.74, 6) is 1.94. The molecule has 0 N–H and O–H groups in total. The van der Waals surface area contributed by atoms with Crippen molar-refractivity contribution in [1.29, 1.82) is 0 Å². The Hall–Kier alpha value is -3.03. The Balaban J connectivity index is 1.50. The third-order valence-corrected chi connectivity index (χ3v) is 4.62. The lowest BCUT2D eigenvalue weighted by atomic mass is 10.00. The van der Waals surface area contributed by atoms with Gasteiger partial charge in [-0.05, 0) is 32.9 Å². The molecule has 1 aliphatic rings. The zero-order valence-electron chi connectivity index (χ0n) is 15.1. The van der Waals surface area contributed by atoms with Gasteiger partial charge in [0.25, 0.3) is 5.56 Å². The normalized spacial score (nSPS) is 14.5. The van der Waals surface area contributed by atoms with Gasteiger partial charge < -0.3 is 4.90 Å². The molecule has 0 aromatic carbocycles. The molecular weight excluding hydrogens is 330 g/mol. The minimum Gasteiger partial charge on any atom is -0.354 e. The molecule has 4 heterocycles. The van der Waals surface area contributed by atoms with Gasteiger partial charge in [0.1, 0.15) is 5.82 Å². The average Bonchev–Trinajstić information content (AvgIpc) is 2.91. The van der Waals surface area contributed by atoms with E-state index in [0.29, 0.717) is 18.3 Å². The molecule has 4 rings (SSSR count). The van der Waals surface area contributed by atoms with E-state index in [-0.39, 0.29) is 5.56 Å². The second-order valence-corrected chi connectivity index (χ2v) is 6.79. The average molecular weight is 351 g/mol. The van der Waals surface area contributed by atoms with Crippen LogP contribution < -0.4 is 10.5 Å². The molecule has 134 valence electrons. The zero-order valence-corrected chi connectivity index (χ0v) is 15.1. The minimum atomic E-state index is -0.0931. The van der Waals surface area contributed by atoms with E-state index >= 15 is 0 Å². The largest absolute Gasteiger partial charge is 0.354 e. The van der Waals surface area contributed by atoms with Gasteiger partial charge in [0.2, 0.25) is 0 Å². The molecule has 3 aromatic rings. The van der Waals surface area contributed by atoms with Crippen LogP contribution in [0.2, 0.25) is 0 Å². The molecule has 0 unspecified atom stereocenters. The van der Waals surface area contributed by atoms with Gasteiger partial charge in [-0.2, -0.15) is 5.10 Å². The Morgan fingerprint density at radius 3 is 2.54 bits per heavy atom. The third-order valence-electron chi connectivity index (χ3n) is 4.62. The Kier molecular flexibility index (Phi) is 4.02. The quantitative estimate of drug-likeness (QED) is 0.704. The first-order chi connectivity index (χ1) is 12.5. The lowest BCUT2D eigenvalue weighted by molar-refractivity contribution is 0.331. The van der Waals surface area contributed by atoms with E-state index in [9.17, 15) is 4.79 Å². The van der Waals surface area contributed by atoms with Crippen molar-refractivity contribution in [3.63, 3.8) is 0 Å². The van der Waals surface area contributed by atoms with Crippen molar-refractivity contribution >= 4 is 5.82 Å². The number of hydrogen-bond acceptors (Lipinski definition) is 6. The van der Waals surface area contributed by atoms with Crippen molar-refractivity contribution in [2.75, 3.05) is 18.0 Å². The smallest absolute Gasteiger partial charge is 0.266 e. The second kappa shape index (κ2) is 6.36. The highest BCUT2D eigenvalue weighted by molar-refractivity contribution is 5.44. The number of hydrogen-bond donors (Lipinski definition) is 0. The van der Waals surface area contributed by atoms with E-state index in [1.165, 1.54) is 4.68 Å². The maximum absolute atomic E-state index is 12.2. The summed E-state index contributed by atoms with van der Waals surface area (Å²) in [6.45, 7) is 8.15. The van der Waals surface area contributed by atoms with Crippen molar-refractivity contribution in [1.82, 2.24) is 29.5 Å². The summed E-state index contributed by atoms with van der Waals surface area (Å²) in [4.78, 5) is 23.1. The van der Waals surface area contributed by atoms with Gasteiger partial charge in [0, 0.05) is 43.2 Å². The molecule has 1 saturated heterocycles. The number of rotatable bonds is 4. The molecule has 0 aliphatic carbocycles. The van der Waals surface area contributed by atoms with E-state index in [1.54, 1.807) is 29.2 Å². The molecule has 0 spiro atoms. The summed E-state index contributed by atoms with van der Waals surface area (Å²) in [5, 5.41) is 8.95. The van der Waals surface area contributed by atoms with E-state index in [1.807, 2.05) is 26.8 Å². The maximum Gasteiger partial charge on any atom is 0.266 e. The molecule has 26 heavy (non-hydrogen) atoms. The Morgan fingerprint density at radius 2 is 1.85 bits per heavy atom. The molecule has 0 bridgehead atoms. The summed E-state index contributed by atoms with van der Waals surface area (Å²) in [6.07, 6.45) is 3.41. The summed E-state index contributed by atoms with van der Waals surface area (Å²) in [6, 6.07) is 5.26. The summed E-state index contributed by atoms with van der Waals surface area (Å²) < 4.78 is 3.30. The van der Waals surface area contributed by atoms with Crippen LogP contribution in [0.1, 0.15) is 17.1 Å². The monoisotopic (exact) mass is 351 g/mol. The first-order valence-corrected chi connectivity index (χ1v) is 8.65. The van der Waals surface area contributed by atoms with Crippen LogP contribution in [-0.2, 0) is 6.54 Å². The van der Waals surface area contributed by atoms with Crippen LogP contribution in [0, 0.1) is 26.7 Å². The third kappa shape index (κ3) is 2.98. The van der Waals surface area contributed by atoms with Crippen LogP contribution in [0.25, 0.3) is 5.82 Å². The Morgan fingerprint density at radius 1 is 1.08 bits per heavy atom. The zero-order chi connectivity index (χ0) is 18.3. The summed E-state index contributed by atoms with van der Waals surface area (Å²) in [7, 11) is 0. The Labute approximate surface area is 151 Å². The van der Waals surface area contributed by atoms with Crippen LogP contribution in [0.15, 0.2) is 35.4 Å². The van der Waals surface area contributed by atoms with Crippen molar-refractivity contribution in [3.8, 4) is 5.82 Å². The highest BCUT2D eigenvalue weighted by Gasteiger charge is 2.29. The van der Waals surface area contributed by atoms with Crippen LogP contribution in [0.5, 0.6) is 0 Å². The van der Waals surface area contributed by atoms with Crippen LogP contribution in [0.3, 0.4) is 0 Å². The maximum atomic E-state index is 12.2. The molecule has 8 nitrogen and oxygen atoms in total. The highest BCUT2D eigenvalue weighted by atomic mass is 16.1. The van der Waals surface area contributed by atoms with Gasteiger partial charge in [-0.15, -0.1) is 5.10 Å². The number of nitrogens with zero attached hydrogens (tertiary/aromatic N) is 7. The molecule has 1 fully saturated rings. The molecular formula is C18H21N7O. The van der Waals surface area contributed by atoms with Crippen LogP contribution in [-0.4, -0.2) is 42.6 Å². The first-order valence-electron chi connectivity index (χ1n) is 8.65. The fourth-order valence-electron chi connectivity index (χ4n) is 3.36. The van der Waals surface area contributed by atoms with Gasteiger partial charge in [-0.1, -0.05) is 0 Å². The van der Waals surface area contributed by atoms with E-state index in [4.69, 9.17) is 0 Å². The van der Waals surface area contributed by atoms with Gasteiger partial charge in [-0.3, -0.25) is 9.78 Å². The van der Waals surface area contributed by atoms with Crippen molar-refractivity contribution in [2.24, 2.45) is 5.92 Å². The van der Waals surface area contributed by atoms with Gasteiger partial charge >= 0.3 is 0 Å². The van der Waals surface area contributed by atoms with E-state index in [2.05, 4.69) is 25.1 Å². The summed E-state index contributed by atoms with van der Waals surface area (Å²) in [5.41, 5.74) is 2.75. The van der Waals surface area contributed by atoms with Crippen LogP contribution >= 0.6 is 0 Å². The van der Waals surface area contributed by atoms with E-state index in [0.717, 1.165) is 36.0 Å². The topological polar surface area (TPSA) is 81.7 Å². The predicted molar refractivity (Wildman–Crippen MR) is 97.6 cm³/mol. The summed E-state index contributed by atoms with van der Waals surface area (Å²) >= 11 is 0. The molecule has 3 aromatic heterocycles. The molecule has 0 amide bonds. The fourth-order valence-corrected chi connectivity index (χ4v) is 3.36. The molecule has 0 saturated carbocycles. The Bertz CT molecular complexity index is 1000. The molecule has 0 atom stereocenters. The number of anilines is 1. The van der Waals surface area contributed by atoms with Crippen molar-refractivity contribution < 1.29 is 0 Å². The number of aryl methyl sites for hydroxylation is 3. The number of aromatic nitrogens is 6. The van der Waals surface area contributed by atoms with Gasteiger partial charge in [-0.25, -0.2) is 14.3 Å². The van der Waals surface area contributed by atoms with Crippen molar-refractivity contribution in [2.45, 2.75) is 27.3 Å². The minimum absolute atomic E-state index is 0.0931.